The molecule has 0 spiro atoms. The van der Waals surface area contributed by atoms with Crippen LogP contribution in [0.25, 0.3) is 0 Å². The van der Waals surface area contributed by atoms with E-state index in [1.165, 1.54) is 0 Å². The van der Waals surface area contributed by atoms with E-state index < -0.39 is 15.8 Å². The molecule has 1 aliphatic heterocycles. The number of benzene rings is 1. The van der Waals surface area contributed by atoms with Crippen LogP contribution in [0.5, 0.6) is 5.75 Å². The molecule has 2 rings (SSSR count). The molecule has 1 atom stereocenters. The van der Waals surface area contributed by atoms with Crippen LogP contribution in [0.4, 0.5) is 5.69 Å². The molecule has 7 nitrogen and oxygen atoms in total. The Labute approximate surface area is 156 Å². The van der Waals surface area contributed by atoms with Crippen LogP contribution >= 0.6 is 0 Å². The summed E-state index contributed by atoms with van der Waals surface area (Å²) in [4.78, 5) is 14.3. The van der Waals surface area contributed by atoms with Gasteiger partial charge in [0.15, 0.2) is 0 Å². The Balaban J connectivity index is 1.98. The van der Waals surface area contributed by atoms with Gasteiger partial charge in [0, 0.05) is 24.8 Å². The fourth-order valence-corrected chi connectivity index (χ4v) is 4.05. The van der Waals surface area contributed by atoms with Crippen LogP contribution in [-0.4, -0.2) is 56.8 Å². The van der Waals surface area contributed by atoms with Crippen molar-refractivity contribution in [1.29, 1.82) is 0 Å². The van der Waals surface area contributed by atoms with E-state index in [-0.39, 0.29) is 18.1 Å². The van der Waals surface area contributed by atoms with E-state index in [1.807, 2.05) is 20.8 Å². The Hall–Kier alpha value is -1.80. The first-order chi connectivity index (χ1) is 12.3. The number of rotatable bonds is 9. The lowest BCUT2D eigenvalue weighted by Gasteiger charge is -2.28. The fourth-order valence-electron chi connectivity index (χ4n) is 2.99. The molecule has 1 aromatic carbocycles. The maximum atomic E-state index is 12.6. The van der Waals surface area contributed by atoms with Gasteiger partial charge in [0.05, 0.1) is 6.10 Å². The van der Waals surface area contributed by atoms with Gasteiger partial charge in [-0.05, 0) is 57.5 Å². The molecular weight excluding hydrogens is 354 g/mol. The van der Waals surface area contributed by atoms with E-state index in [1.54, 1.807) is 29.2 Å². The number of nitrogens with one attached hydrogen (secondary N) is 2. The number of carbonyl (C=O) groups excluding carboxylic acids is 1. The molecule has 8 heteroatoms. The normalized spacial score (nSPS) is 17.3. The minimum atomic E-state index is -3.77. The number of ether oxygens (including phenoxy) is 1. The van der Waals surface area contributed by atoms with Crippen LogP contribution in [0, 0.1) is 0 Å². The zero-order valence-corrected chi connectivity index (χ0v) is 16.5. The minimum absolute atomic E-state index is 0.0461. The molecule has 0 bridgehead atoms. The maximum Gasteiger partial charge on any atom is 0.241 e. The summed E-state index contributed by atoms with van der Waals surface area (Å²) >= 11 is 0. The van der Waals surface area contributed by atoms with Gasteiger partial charge in [-0.3, -0.25) is 9.52 Å². The molecule has 0 saturated carbocycles. The lowest BCUT2D eigenvalue weighted by molar-refractivity contribution is -0.130. The first-order valence-electron chi connectivity index (χ1n) is 9.08. The third kappa shape index (κ3) is 6.17. The Morgan fingerprint density at radius 2 is 2.04 bits per heavy atom. The fraction of sp³-hybridized carbons (Fsp3) is 0.611. The molecule has 1 unspecified atom stereocenters. The van der Waals surface area contributed by atoms with Crippen molar-refractivity contribution in [2.45, 2.75) is 45.8 Å². The molecule has 1 aromatic rings. The molecule has 2 N–H and O–H groups in total. The van der Waals surface area contributed by atoms with E-state index in [9.17, 15) is 13.2 Å². The van der Waals surface area contributed by atoms with Gasteiger partial charge in [0.1, 0.15) is 11.5 Å². The molecule has 1 saturated heterocycles. The number of sulfonamides is 1. The van der Waals surface area contributed by atoms with Gasteiger partial charge < -0.3 is 15.0 Å². The van der Waals surface area contributed by atoms with Crippen molar-refractivity contribution in [2.24, 2.45) is 0 Å². The van der Waals surface area contributed by atoms with Crippen LogP contribution < -0.4 is 14.8 Å². The predicted octanol–water partition coefficient (Wildman–Crippen LogP) is 1.82. The van der Waals surface area contributed by atoms with Crippen LogP contribution in [-0.2, 0) is 14.8 Å². The highest BCUT2D eigenvalue weighted by molar-refractivity contribution is 7.93. The quantitative estimate of drug-likeness (QED) is 0.679. The highest BCUT2D eigenvalue weighted by atomic mass is 32.2. The van der Waals surface area contributed by atoms with E-state index in [2.05, 4.69) is 10.0 Å². The highest BCUT2D eigenvalue weighted by Crippen LogP contribution is 2.18. The van der Waals surface area contributed by atoms with E-state index in [0.29, 0.717) is 18.0 Å². The maximum absolute atomic E-state index is 12.6. The van der Waals surface area contributed by atoms with Gasteiger partial charge in [-0.15, -0.1) is 0 Å². The van der Waals surface area contributed by atoms with E-state index >= 15 is 0 Å². The minimum Gasteiger partial charge on any atom is -0.491 e. The zero-order valence-electron chi connectivity index (χ0n) is 15.7. The monoisotopic (exact) mass is 383 g/mol. The Bertz CT molecular complexity index is 683. The number of amides is 1. The summed E-state index contributed by atoms with van der Waals surface area (Å²) in [5, 5.41) is 3.22. The molecule has 0 aliphatic carbocycles. The van der Waals surface area contributed by atoms with Crippen LogP contribution in [0.2, 0.25) is 0 Å². The molecule has 0 radical (unpaired) electrons. The third-order valence-corrected chi connectivity index (χ3v) is 5.25. The van der Waals surface area contributed by atoms with Crippen molar-refractivity contribution in [3.63, 3.8) is 0 Å². The van der Waals surface area contributed by atoms with Crippen molar-refractivity contribution >= 4 is 21.6 Å². The Morgan fingerprint density at radius 1 is 1.35 bits per heavy atom. The first kappa shape index (κ1) is 20.5. The van der Waals surface area contributed by atoms with Gasteiger partial charge in [0.2, 0.25) is 15.9 Å². The molecule has 26 heavy (non-hydrogen) atoms. The van der Waals surface area contributed by atoms with Crippen molar-refractivity contribution in [3.05, 3.63) is 24.3 Å². The lowest BCUT2D eigenvalue weighted by Crippen LogP contribution is -2.45. The van der Waals surface area contributed by atoms with Gasteiger partial charge in [0.25, 0.3) is 0 Å². The van der Waals surface area contributed by atoms with Crippen molar-refractivity contribution in [1.82, 2.24) is 10.2 Å². The topological polar surface area (TPSA) is 87.7 Å². The largest absolute Gasteiger partial charge is 0.491 e. The summed E-state index contributed by atoms with van der Waals surface area (Å²) < 4.78 is 32.8. The molecule has 146 valence electrons. The Morgan fingerprint density at radius 3 is 2.58 bits per heavy atom. The van der Waals surface area contributed by atoms with E-state index in [0.717, 1.165) is 25.9 Å². The molecular formula is C18H29N3O4S. The SMILES string of the molecule is CCCN(C(=O)CS(=O)(=O)Nc1ccc(OC(C)C)cc1)C1CCNC1. The highest BCUT2D eigenvalue weighted by Gasteiger charge is 2.28. The number of nitrogens with zero attached hydrogens (tertiary/aromatic N) is 1. The summed E-state index contributed by atoms with van der Waals surface area (Å²) in [7, 11) is -3.77. The summed E-state index contributed by atoms with van der Waals surface area (Å²) in [6, 6.07) is 6.74. The average molecular weight is 384 g/mol. The zero-order chi connectivity index (χ0) is 19.2. The Kier molecular flexibility index (Phi) is 7.28. The second kappa shape index (κ2) is 9.23. The standard InChI is InChI=1S/C18H29N3O4S/c1-4-11-21(16-9-10-19-12-16)18(22)13-26(23,24)20-15-5-7-17(8-6-15)25-14(2)3/h5-8,14,16,19-20H,4,9-13H2,1-3H3. The molecule has 1 amide bonds. The summed E-state index contributed by atoms with van der Waals surface area (Å²) in [6.07, 6.45) is 1.70. The van der Waals surface area contributed by atoms with Crippen molar-refractivity contribution < 1.29 is 17.9 Å². The second-order valence-corrected chi connectivity index (χ2v) is 8.51. The van der Waals surface area contributed by atoms with Gasteiger partial charge in [-0.25, -0.2) is 8.42 Å². The number of hydrogen-bond donors (Lipinski definition) is 2. The van der Waals surface area contributed by atoms with Crippen molar-refractivity contribution in [2.75, 3.05) is 30.1 Å². The second-order valence-electron chi connectivity index (χ2n) is 6.79. The van der Waals surface area contributed by atoms with Crippen LogP contribution in [0.3, 0.4) is 0 Å². The van der Waals surface area contributed by atoms with Gasteiger partial charge >= 0.3 is 0 Å². The smallest absolute Gasteiger partial charge is 0.241 e. The average Bonchev–Trinajstić information content (AvgIpc) is 3.07. The van der Waals surface area contributed by atoms with Crippen molar-refractivity contribution in [3.8, 4) is 5.75 Å². The summed E-state index contributed by atoms with van der Waals surface area (Å²) in [5.41, 5.74) is 0.415. The first-order valence-corrected chi connectivity index (χ1v) is 10.7. The van der Waals surface area contributed by atoms with Crippen LogP contribution in [0.1, 0.15) is 33.6 Å². The summed E-state index contributed by atoms with van der Waals surface area (Å²) in [6.45, 7) is 7.97. The summed E-state index contributed by atoms with van der Waals surface area (Å²) in [5.74, 6) is -0.233. The van der Waals surface area contributed by atoms with E-state index in [4.69, 9.17) is 4.74 Å². The number of carbonyl (C=O) groups is 1. The van der Waals surface area contributed by atoms with Gasteiger partial charge in [-0.1, -0.05) is 6.92 Å². The van der Waals surface area contributed by atoms with Gasteiger partial charge in [-0.2, -0.15) is 0 Å². The molecule has 1 fully saturated rings. The van der Waals surface area contributed by atoms with Crippen LogP contribution in [0.15, 0.2) is 24.3 Å². The number of hydrogen-bond acceptors (Lipinski definition) is 5. The number of anilines is 1. The molecule has 1 heterocycles. The third-order valence-electron chi connectivity index (χ3n) is 4.07. The molecule has 1 aliphatic rings. The molecule has 0 aromatic heterocycles. The lowest BCUT2D eigenvalue weighted by atomic mass is 10.2. The predicted molar refractivity (Wildman–Crippen MR) is 103 cm³/mol.